The van der Waals surface area contributed by atoms with Crippen LogP contribution >= 0.6 is 24.0 Å². The summed E-state index contributed by atoms with van der Waals surface area (Å²) in [5, 5.41) is 6.75. The zero-order valence-electron chi connectivity index (χ0n) is 19.5. The largest absolute Gasteiger partial charge is 0.492 e. The molecule has 1 aliphatic carbocycles. The van der Waals surface area contributed by atoms with E-state index in [1.165, 1.54) is 38.5 Å². The van der Waals surface area contributed by atoms with Gasteiger partial charge in [-0.25, -0.2) is 0 Å². The van der Waals surface area contributed by atoms with Crippen molar-refractivity contribution in [1.82, 2.24) is 15.5 Å². The SMILES string of the molecule is CN=C(NCCOC1CCCCCC1)NCc1ccccc1OCCN1CCOCC1.I. The Kier molecular flexibility index (Phi) is 14.0. The number of para-hydroxylation sites is 1. The van der Waals surface area contributed by atoms with E-state index in [0.29, 0.717) is 25.9 Å². The van der Waals surface area contributed by atoms with Crippen LogP contribution in [0.25, 0.3) is 0 Å². The van der Waals surface area contributed by atoms with Crippen molar-refractivity contribution < 1.29 is 14.2 Å². The van der Waals surface area contributed by atoms with Gasteiger partial charge in [-0.15, -0.1) is 24.0 Å². The van der Waals surface area contributed by atoms with Crippen LogP contribution in [0.5, 0.6) is 5.75 Å². The van der Waals surface area contributed by atoms with E-state index < -0.39 is 0 Å². The first-order valence-electron chi connectivity index (χ1n) is 11.9. The maximum Gasteiger partial charge on any atom is 0.191 e. The summed E-state index contributed by atoms with van der Waals surface area (Å²) < 4.78 is 17.5. The van der Waals surface area contributed by atoms with Crippen LogP contribution in [0.15, 0.2) is 29.3 Å². The molecule has 3 rings (SSSR count). The Hall–Kier alpha value is -1.10. The number of rotatable bonds is 10. The van der Waals surface area contributed by atoms with Crippen molar-refractivity contribution in [2.75, 3.05) is 59.7 Å². The zero-order chi connectivity index (χ0) is 21.6. The molecular weight excluding hydrogens is 519 g/mol. The van der Waals surface area contributed by atoms with Crippen LogP contribution in [0.2, 0.25) is 0 Å². The van der Waals surface area contributed by atoms with Gasteiger partial charge in [0.05, 0.1) is 25.9 Å². The molecule has 2 N–H and O–H groups in total. The van der Waals surface area contributed by atoms with Crippen LogP contribution in [0.1, 0.15) is 44.1 Å². The molecule has 0 radical (unpaired) electrons. The normalized spacial score (nSPS) is 18.5. The molecule has 1 aliphatic heterocycles. The quantitative estimate of drug-likeness (QED) is 0.150. The van der Waals surface area contributed by atoms with E-state index in [9.17, 15) is 0 Å². The van der Waals surface area contributed by atoms with E-state index in [1.54, 1.807) is 7.05 Å². The molecule has 2 aliphatic rings. The van der Waals surface area contributed by atoms with E-state index >= 15 is 0 Å². The van der Waals surface area contributed by atoms with Gasteiger partial charge >= 0.3 is 0 Å². The molecule has 0 spiro atoms. The maximum atomic E-state index is 6.08. The third kappa shape index (κ3) is 10.2. The highest BCUT2D eigenvalue weighted by Gasteiger charge is 2.13. The number of hydrogen-bond donors (Lipinski definition) is 2. The predicted octanol–water partition coefficient (Wildman–Crippen LogP) is 3.42. The molecule has 0 atom stereocenters. The minimum absolute atomic E-state index is 0. The van der Waals surface area contributed by atoms with Crippen LogP contribution in [0.4, 0.5) is 0 Å². The second-order valence-electron chi connectivity index (χ2n) is 8.25. The Bertz CT molecular complexity index is 648. The molecule has 0 bridgehead atoms. The number of benzene rings is 1. The summed E-state index contributed by atoms with van der Waals surface area (Å²) in [6.07, 6.45) is 8.15. The van der Waals surface area contributed by atoms with Crippen LogP contribution in [-0.4, -0.2) is 76.6 Å². The van der Waals surface area contributed by atoms with Crippen molar-refractivity contribution in [2.24, 2.45) is 4.99 Å². The monoisotopic (exact) mass is 560 g/mol. The molecule has 0 amide bonds. The second kappa shape index (κ2) is 16.5. The van der Waals surface area contributed by atoms with Gasteiger partial charge < -0.3 is 24.8 Å². The molecule has 8 heteroatoms. The third-order valence-corrected chi connectivity index (χ3v) is 5.96. The van der Waals surface area contributed by atoms with Gasteiger partial charge in [-0.3, -0.25) is 9.89 Å². The number of guanidine groups is 1. The fourth-order valence-electron chi connectivity index (χ4n) is 4.10. The molecule has 1 aromatic carbocycles. The minimum Gasteiger partial charge on any atom is -0.492 e. The van der Waals surface area contributed by atoms with Crippen LogP contribution in [0.3, 0.4) is 0 Å². The molecule has 182 valence electrons. The molecule has 32 heavy (non-hydrogen) atoms. The highest BCUT2D eigenvalue weighted by atomic mass is 127. The average Bonchev–Trinajstić information content (AvgIpc) is 3.09. The van der Waals surface area contributed by atoms with Gasteiger partial charge in [0.2, 0.25) is 0 Å². The fourth-order valence-corrected chi connectivity index (χ4v) is 4.10. The zero-order valence-corrected chi connectivity index (χ0v) is 21.9. The highest BCUT2D eigenvalue weighted by molar-refractivity contribution is 14.0. The number of nitrogens with one attached hydrogen (secondary N) is 2. The Morgan fingerprint density at radius 3 is 2.56 bits per heavy atom. The number of aliphatic imine (C=N–C) groups is 1. The summed E-state index contributed by atoms with van der Waals surface area (Å²) in [6, 6.07) is 8.20. The topological polar surface area (TPSA) is 67.4 Å². The third-order valence-electron chi connectivity index (χ3n) is 5.96. The minimum atomic E-state index is 0. The molecule has 7 nitrogen and oxygen atoms in total. The Balaban J connectivity index is 0.00000363. The second-order valence-corrected chi connectivity index (χ2v) is 8.25. The number of hydrogen-bond acceptors (Lipinski definition) is 5. The lowest BCUT2D eigenvalue weighted by atomic mass is 10.1. The Labute approximate surface area is 210 Å². The average molecular weight is 561 g/mol. The summed E-state index contributed by atoms with van der Waals surface area (Å²) in [5.41, 5.74) is 1.13. The first-order chi connectivity index (χ1) is 15.3. The fraction of sp³-hybridized carbons (Fsp3) is 0.708. The van der Waals surface area contributed by atoms with Gasteiger partial charge in [0.15, 0.2) is 5.96 Å². The highest BCUT2D eigenvalue weighted by Crippen LogP contribution is 2.19. The standard InChI is InChI=1S/C24H40N4O3.HI/c1-25-24(26-12-16-30-22-9-4-2-3-5-10-22)27-20-21-8-6-7-11-23(21)31-19-15-28-13-17-29-18-14-28;/h6-8,11,22H,2-5,9-10,12-20H2,1H3,(H2,25,26,27);1H. The maximum absolute atomic E-state index is 6.08. The van der Waals surface area contributed by atoms with Gasteiger partial charge in [0, 0.05) is 45.3 Å². The molecule has 2 fully saturated rings. The number of halogens is 1. The summed E-state index contributed by atoms with van der Waals surface area (Å²) in [6.45, 7) is 7.35. The summed E-state index contributed by atoms with van der Waals surface area (Å²) in [7, 11) is 1.80. The van der Waals surface area contributed by atoms with Crippen molar-refractivity contribution in [1.29, 1.82) is 0 Å². The molecule has 1 heterocycles. The van der Waals surface area contributed by atoms with Gasteiger partial charge in [-0.05, 0) is 18.9 Å². The van der Waals surface area contributed by atoms with Gasteiger partial charge in [-0.1, -0.05) is 43.9 Å². The van der Waals surface area contributed by atoms with Crippen molar-refractivity contribution >= 4 is 29.9 Å². The molecule has 1 aromatic rings. The smallest absolute Gasteiger partial charge is 0.191 e. The van der Waals surface area contributed by atoms with Gasteiger partial charge in [0.25, 0.3) is 0 Å². The lowest BCUT2D eigenvalue weighted by Gasteiger charge is -2.26. The first-order valence-corrected chi connectivity index (χ1v) is 11.9. The Morgan fingerprint density at radius 1 is 1.06 bits per heavy atom. The molecular formula is C24H41IN4O3. The molecule has 0 unspecified atom stereocenters. The van der Waals surface area contributed by atoms with E-state index in [2.05, 4.69) is 26.6 Å². The van der Waals surface area contributed by atoms with Gasteiger partial charge in [0.1, 0.15) is 12.4 Å². The number of ether oxygens (including phenoxy) is 3. The van der Waals surface area contributed by atoms with Crippen molar-refractivity contribution in [3.63, 3.8) is 0 Å². The number of nitrogens with zero attached hydrogens (tertiary/aromatic N) is 2. The first kappa shape index (κ1) is 27.1. The van der Waals surface area contributed by atoms with E-state index in [0.717, 1.165) is 56.7 Å². The summed E-state index contributed by atoms with van der Waals surface area (Å²) >= 11 is 0. The molecule has 0 aromatic heterocycles. The predicted molar refractivity (Wildman–Crippen MR) is 140 cm³/mol. The van der Waals surface area contributed by atoms with Crippen LogP contribution < -0.4 is 15.4 Å². The van der Waals surface area contributed by atoms with Crippen molar-refractivity contribution in [3.8, 4) is 5.75 Å². The van der Waals surface area contributed by atoms with Crippen LogP contribution in [-0.2, 0) is 16.0 Å². The molecule has 1 saturated carbocycles. The van der Waals surface area contributed by atoms with E-state index in [4.69, 9.17) is 14.2 Å². The summed E-state index contributed by atoms with van der Waals surface area (Å²) in [5.74, 6) is 1.71. The van der Waals surface area contributed by atoms with Crippen LogP contribution in [0, 0.1) is 0 Å². The van der Waals surface area contributed by atoms with Crippen molar-refractivity contribution in [3.05, 3.63) is 29.8 Å². The lowest BCUT2D eigenvalue weighted by Crippen LogP contribution is -2.39. The van der Waals surface area contributed by atoms with Crippen molar-refractivity contribution in [2.45, 2.75) is 51.2 Å². The molecule has 1 saturated heterocycles. The number of morpholine rings is 1. The van der Waals surface area contributed by atoms with Gasteiger partial charge in [-0.2, -0.15) is 0 Å². The lowest BCUT2D eigenvalue weighted by molar-refractivity contribution is 0.0322. The summed E-state index contributed by atoms with van der Waals surface area (Å²) in [4.78, 5) is 6.72. The van der Waals surface area contributed by atoms with E-state index in [-0.39, 0.29) is 24.0 Å². The Morgan fingerprint density at radius 2 is 1.81 bits per heavy atom. The van der Waals surface area contributed by atoms with E-state index in [1.807, 2.05) is 18.2 Å².